The minimum Gasteiger partial charge on any atom is -0.382 e. The lowest BCUT2D eigenvalue weighted by Crippen LogP contribution is -2.30. The topological polar surface area (TPSA) is 46.6 Å². The number of rotatable bonds is 9. The molecule has 0 unspecified atom stereocenters. The van der Waals surface area contributed by atoms with E-state index in [2.05, 4.69) is 4.90 Å². The van der Waals surface area contributed by atoms with Gasteiger partial charge in [0.05, 0.1) is 5.75 Å². The lowest BCUT2D eigenvalue weighted by atomic mass is 10.1. The summed E-state index contributed by atoms with van der Waals surface area (Å²) in [7, 11) is -3.66. The minimum absolute atomic E-state index is 0.0679. The first-order chi connectivity index (χ1) is 13.1. The van der Waals surface area contributed by atoms with E-state index in [-0.39, 0.29) is 5.75 Å². The molecule has 3 rings (SSSR count). The normalized spacial score (nSPS) is 11.4. The Bertz CT molecular complexity index is 872. The van der Waals surface area contributed by atoms with Gasteiger partial charge in [-0.1, -0.05) is 78.9 Å². The van der Waals surface area contributed by atoms with Crippen LogP contribution in [0.4, 0.5) is 0 Å². The van der Waals surface area contributed by atoms with Crippen molar-refractivity contribution in [1.82, 2.24) is 4.90 Å². The summed E-state index contributed by atoms with van der Waals surface area (Å²) in [6.45, 7) is 1.74. The van der Waals surface area contributed by atoms with Gasteiger partial charge in [0.25, 0.3) is 0 Å². The first kappa shape index (κ1) is 19.1. The largest absolute Gasteiger partial charge is 0.382 e. The minimum atomic E-state index is -3.66. The third-order valence-electron chi connectivity index (χ3n) is 4.12. The van der Waals surface area contributed by atoms with Crippen molar-refractivity contribution >= 4 is 10.1 Å². The van der Waals surface area contributed by atoms with Crippen LogP contribution in [0.3, 0.4) is 0 Å². The molecule has 0 bridgehead atoms. The average Bonchev–Trinajstić information content (AvgIpc) is 2.68. The molecule has 0 spiro atoms. The van der Waals surface area contributed by atoms with Crippen LogP contribution in [0.15, 0.2) is 91.0 Å². The Hall–Kier alpha value is -2.63. The van der Waals surface area contributed by atoms with E-state index in [0.717, 1.165) is 11.1 Å². The van der Waals surface area contributed by atoms with Crippen molar-refractivity contribution in [2.75, 3.05) is 12.3 Å². The zero-order chi connectivity index (χ0) is 19.0. The highest BCUT2D eigenvalue weighted by atomic mass is 32.2. The van der Waals surface area contributed by atoms with E-state index in [4.69, 9.17) is 4.18 Å². The fourth-order valence-corrected chi connectivity index (χ4v) is 3.77. The van der Waals surface area contributed by atoms with Gasteiger partial charge in [-0.3, -0.25) is 4.90 Å². The quantitative estimate of drug-likeness (QED) is 0.524. The van der Waals surface area contributed by atoms with E-state index in [1.807, 2.05) is 66.7 Å². The molecule has 0 aliphatic rings. The van der Waals surface area contributed by atoms with E-state index in [0.29, 0.717) is 25.4 Å². The maximum absolute atomic E-state index is 12.4. The van der Waals surface area contributed by atoms with Crippen molar-refractivity contribution in [2.45, 2.75) is 13.1 Å². The molecule has 0 amide bonds. The second-order valence-corrected chi connectivity index (χ2v) is 8.03. The van der Waals surface area contributed by atoms with Crippen LogP contribution in [-0.4, -0.2) is 25.6 Å². The summed E-state index contributed by atoms with van der Waals surface area (Å²) in [4.78, 5) is 2.12. The highest BCUT2D eigenvalue weighted by molar-refractivity contribution is 7.87. The van der Waals surface area contributed by atoms with E-state index < -0.39 is 10.1 Å². The Balaban J connectivity index is 1.66. The lowest BCUT2D eigenvalue weighted by Gasteiger charge is -2.22. The van der Waals surface area contributed by atoms with Crippen molar-refractivity contribution < 1.29 is 12.6 Å². The Morgan fingerprint density at radius 1 is 0.667 bits per heavy atom. The van der Waals surface area contributed by atoms with Gasteiger partial charge in [-0.2, -0.15) is 8.42 Å². The summed E-state index contributed by atoms with van der Waals surface area (Å²) in [6.07, 6.45) is 0. The van der Waals surface area contributed by atoms with Crippen LogP contribution in [-0.2, 0) is 23.2 Å². The molecule has 0 fully saturated rings. The van der Waals surface area contributed by atoms with Crippen LogP contribution >= 0.6 is 0 Å². The summed E-state index contributed by atoms with van der Waals surface area (Å²) in [6, 6.07) is 28.7. The van der Waals surface area contributed by atoms with E-state index >= 15 is 0 Å². The predicted octanol–water partition coefficient (Wildman–Crippen LogP) is 4.10. The molecule has 0 atom stereocenters. The number of para-hydroxylation sites is 1. The molecule has 0 saturated heterocycles. The van der Waals surface area contributed by atoms with Crippen LogP contribution < -0.4 is 4.18 Å². The average molecular weight is 381 g/mol. The Morgan fingerprint density at radius 2 is 1.11 bits per heavy atom. The molecule has 27 heavy (non-hydrogen) atoms. The first-order valence-electron chi connectivity index (χ1n) is 8.88. The standard InChI is InChI=1S/C22H23NO3S/c24-27(25,26-22-14-8-3-9-15-22)17-16-23(18-20-10-4-1-5-11-20)19-21-12-6-2-7-13-21/h1-15H,16-19H2. The molecule has 0 saturated carbocycles. The Labute approximate surface area is 161 Å². The number of hydrogen-bond donors (Lipinski definition) is 0. The third-order valence-corrected chi connectivity index (χ3v) is 5.25. The molecule has 0 N–H and O–H groups in total. The second-order valence-electron chi connectivity index (χ2n) is 6.34. The maximum atomic E-state index is 12.4. The van der Waals surface area contributed by atoms with Crippen LogP contribution in [0.2, 0.25) is 0 Å². The Kier molecular flexibility index (Phi) is 6.63. The molecule has 5 heteroatoms. The predicted molar refractivity (Wildman–Crippen MR) is 108 cm³/mol. The van der Waals surface area contributed by atoms with E-state index in [9.17, 15) is 8.42 Å². The van der Waals surface area contributed by atoms with Gasteiger partial charge in [-0.25, -0.2) is 0 Å². The molecule has 140 valence electrons. The van der Waals surface area contributed by atoms with Crippen molar-refractivity contribution in [3.8, 4) is 5.75 Å². The summed E-state index contributed by atoms with van der Waals surface area (Å²) >= 11 is 0. The monoisotopic (exact) mass is 381 g/mol. The Morgan fingerprint density at radius 3 is 1.59 bits per heavy atom. The molecule has 3 aromatic rings. The smallest absolute Gasteiger partial charge is 0.310 e. The zero-order valence-electron chi connectivity index (χ0n) is 15.1. The molecule has 0 aliphatic carbocycles. The molecule has 0 heterocycles. The molecular weight excluding hydrogens is 358 g/mol. The second kappa shape index (κ2) is 9.35. The highest BCUT2D eigenvalue weighted by Crippen LogP contribution is 2.14. The molecule has 0 radical (unpaired) electrons. The van der Waals surface area contributed by atoms with Gasteiger partial charge < -0.3 is 4.18 Å². The van der Waals surface area contributed by atoms with Crippen LogP contribution in [0.25, 0.3) is 0 Å². The van der Waals surface area contributed by atoms with Gasteiger partial charge in [0.2, 0.25) is 0 Å². The zero-order valence-corrected chi connectivity index (χ0v) is 15.9. The van der Waals surface area contributed by atoms with Crippen LogP contribution in [0.5, 0.6) is 5.75 Å². The summed E-state index contributed by atoms with van der Waals surface area (Å²) < 4.78 is 29.9. The number of nitrogens with zero attached hydrogens (tertiary/aromatic N) is 1. The van der Waals surface area contributed by atoms with Gasteiger partial charge in [0, 0.05) is 19.6 Å². The molecule has 0 aliphatic heterocycles. The van der Waals surface area contributed by atoms with Gasteiger partial charge in [-0.05, 0) is 23.3 Å². The summed E-state index contributed by atoms with van der Waals surface area (Å²) in [5.41, 5.74) is 2.30. The van der Waals surface area contributed by atoms with Crippen LogP contribution in [0, 0.1) is 0 Å². The molecule has 3 aromatic carbocycles. The number of benzene rings is 3. The SMILES string of the molecule is O=S(=O)(CCN(Cc1ccccc1)Cc1ccccc1)Oc1ccccc1. The third kappa shape index (κ3) is 6.55. The number of hydrogen-bond acceptors (Lipinski definition) is 4. The van der Waals surface area contributed by atoms with Crippen molar-refractivity contribution in [2.24, 2.45) is 0 Å². The van der Waals surface area contributed by atoms with Gasteiger partial charge >= 0.3 is 10.1 Å². The lowest BCUT2D eigenvalue weighted by molar-refractivity contribution is 0.270. The van der Waals surface area contributed by atoms with Crippen molar-refractivity contribution in [3.05, 3.63) is 102 Å². The fraction of sp³-hybridized carbons (Fsp3) is 0.182. The fourth-order valence-electron chi connectivity index (χ4n) is 2.80. The molecule has 0 aromatic heterocycles. The molecule has 4 nitrogen and oxygen atoms in total. The van der Waals surface area contributed by atoms with Gasteiger partial charge in [0.15, 0.2) is 0 Å². The van der Waals surface area contributed by atoms with E-state index in [1.54, 1.807) is 24.3 Å². The molecular formula is C22H23NO3S. The van der Waals surface area contributed by atoms with Crippen molar-refractivity contribution in [3.63, 3.8) is 0 Å². The van der Waals surface area contributed by atoms with Crippen LogP contribution in [0.1, 0.15) is 11.1 Å². The highest BCUT2D eigenvalue weighted by Gasteiger charge is 2.16. The van der Waals surface area contributed by atoms with Gasteiger partial charge in [0.1, 0.15) is 5.75 Å². The van der Waals surface area contributed by atoms with Crippen molar-refractivity contribution in [1.29, 1.82) is 0 Å². The maximum Gasteiger partial charge on any atom is 0.310 e. The summed E-state index contributed by atoms with van der Waals surface area (Å²) in [5, 5.41) is 0. The summed E-state index contributed by atoms with van der Waals surface area (Å²) in [5.74, 6) is 0.275. The van der Waals surface area contributed by atoms with Gasteiger partial charge in [-0.15, -0.1) is 0 Å². The van der Waals surface area contributed by atoms with E-state index in [1.165, 1.54) is 0 Å². The first-order valence-corrected chi connectivity index (χ1v) is 10.5.